The lowest BCUT2D eigenvalue weighted by atomic mass is 10.1. The number of aliphatic imine (C=N–C) groups is 1. The van der Waals surface area contributed by atoms with Gasteiger partial charge in [0.1, 0.15) is 0 Å². The molecule has 0 radical (unpaired) electrons. The molecule has 1 amide bonds. The Morgan fingerprint density at radius 3 is 2.46 bits per heavy atom. The van der Waals surface area contributed by atoms with Gasteiger partial charge in [-0.25, -0.2) is 0 Å². The van der Waals surface area contributed by atoms with Crippen LogP contribution in [0.15, 0.2) is 4.99 Å². The molecule has 0 aromatic rings. The first-order valence-electron chi connectivity index (χ1n) is 10.2. The van der Waals surface area contributed by atoms with Gasteiger partial charge in [0.15, 0.2) is 5.96 Å². The predicted octanol–water partition coefficient (Wildman–Crippen LogP) is 2.34. The summed E-state index contributed by atoms with van der Waals surface area (Å²) in [6, 6.07) is 0.455. The number of piperidine rings is 1. The maximum Gasteiger partial charge on any atom is 0.234 e. The number of hydrogen-bond donors (Lipinski definition) is 3. The van der Waals surface area contributed by atoms with E-state index in [1.165, 1.54) is 25.7 Å². The van der Waals surface area contributed by atoms with Crippen molar-refractivity contribution in [2.75, 3.05) is 39.3 Å². The SMILES string of the molecule is CCCNC(=O)CN1CCC(NC(=NCCCC2CC2)NCC)CC1.I. The van der Waals surface area contributed by atoms with E-state index in [9.17, 15) is 4.79 Å². The zero-order chi connectivity index (χ0) is 17.9. The van der Waals surface area contributed by atoms with E-state index in [2.05, 4.69) is 34.7 Å². The zero-order valence-electron chi connectivity index (χ0n) is 16.6. The number of rotatable bonds is 10. The van der Waals surface area contributed by atoms with Crippen LogP contribution in [0.1, 0.15) is 58.8 Å². The summed E-state index contributed by atoms with van der Waals surface area (Å²) < 4.78 is 0. The number of guanidine groups is 1. The van der Waals surface area contributed by atoms with Gasteiger partial charge in [-0.15, -0.1) is 24.0 Å². The third-order valence-electron chi connectivity index (χ3n) is 4.95. The molecule has 1 heterocycles. The summed E-state index contributed by atoms with van der Waals surface area (Å²) in [4.78, 5) is 18.8. The molecule has 0 unspecified atom stereocenters. The number of hydrogen-bond acceptors (Lipinski definition) is 3. The average Bonchev–Trinajstić information content (AvgIpc) is 3.43. The number of halogens is 1. The van der Waals surface area contributed by atoms with E-state index >= 15 is 0 Å². The Labute approximate surface area is 176 Å². The van der Waals surface area contributed by atoms with Crippen LogP contribution in [0.2, 0.25) is 0 Å². The standard InChI is InChI=1S/C19H37N5O.HI/c1-3-11-21-18(25)15-24-13-9-17(10-14-24)23-19(20-4-2)22-12-5-6-16-7-8-16;/h16-17H,3-15H2,1-2H3,(H,21,25)(H2,20,22,23);1H. The lowest BCUT2D eigenvalue weighted by Gasteiger charge is -2.32. The molecule has 0 spiro atoms. The summed E-state index contributed by atoms with van der Waals surface area (Å²) in [6.07, 6.45) is 8.51. The third kappa shape index (κ3) is 9.94. The van der Waals surface area contributed by atoms with E-state index in [0.29, 0.717) is 12.6 Å². The smallest absolute Gasteiger partial charge is 0.234 e. The van der Waals surface area contributed by atoms with Crippen LogP contribution in [-0.2, 0) is 4.79 Å². The van der Waals surface area contributed by atoms with Gasteiger partial charge in [-0.1, -0.05) is 19.8 Å². The average molecular weight is 479 g/mol. The molecule has 152 valence electrons. The topological polar surface area (TPSA) is 68.8 Å². The molecule has 0 atom stereocenters. The molecular formula is C19H38IN5O. The van der Waals surface area contributed by atoms with Gasteiger partial charge in [-0.05, 0) is 44.9 Å². The lowest BCUT2D eigenvalue weighted by Crippen LogP contribution is -2.50. The monoisotopic (exact) mass is 479 g/mol. The summed E-state index contributed by atoms with van der Waals surface area (Å²) in [6.45, 7) is 9.25. The number of carbonyl (C=O) groups is 1. The third-order valence-corrected chi connectivity index (χ3v) is 4.95. The lowest BCUT2D eigenvalue weighted by molar-refractivity contribution is -0.122. The first-order chi connectivity index (χ1) is 12.2. The quantitative estimate of drug-likeness (QED) is 0.195. The first kappa shape index (κ1) is 23.5. The van der Waals surface area contributed by atoms with Gasteiger partial charge in [-0.2, -0.15) is 0 Å². The second kappa shape index (κ2) is 13.6. The van der Waals surface area contributed by atoms with E-state index in [1.54, 1.807) is 0 Å². The highest BCUT2D eigenvalue weighted by molar-refractivity contribution is 14.0. The molecule has 2 rings (SSSR count). The van der Waals surface area contributed by atoms with Crippen LogP contribution in [0.5, 0.6) is 0 Å². The van der Waals surface area contributed by atoms with Crippen molar-refractivity contribution >= 4 is 35.8 Å². The van der Waals surface area contributed by atoms with Crippen molar-refractivity contribution < 1.29 is 4.79 Å². The van der Waals surface area contributed by atoms with Gasteiger partial charge >= 0.3 is 0 Å². The summed E-state index contributed by atoms with van der Waals surface area (Å²) >= 11 is 0. The van der Waals surface area contributed by atoms with Crippen LogP contribution < -0.4 is 16.0 Å². The fraction of sp³-hybridized carbons (Fsp3) is 0.895. The zero-order valence-corrected chi connectivity index (χ0v) is 18.9. The maximum absolute atomic E-state index is 11.8. The van der Waals surface area contributed by atoms with Crippen LogP contribution >= 0.6 is 24.0 Å². The van der Waals surface area contributed by atoms with Crippen LogP contribution in [-0.4, -0.2) is 62.1 Å². The number of nitrogens with one attached hydrogen (secondary N) is 3. The molecular weight excluding hydrogens is 441 g/mol. The highest BCUT2D eigenvalue weighted by Crippen LogP contribution is 2.33. The van der Waals surface area contributed by atoms with E-state index < -0.39 is 0 Å². The Bertz CT molecular complexity index is 420. The second-order valence-corrected chi connectivity index (χ2v) is 7.39. The van der Waals surface area contributed by atoms with Crippen LogP contribution in [0.3, 0.4) is 0 Å². The molecule has 7 heteroatoms. The fourth-order valence-electron chi connectivity index (χ4n) is 3.25. The van der Waals surface area contributed by atoms with Gasteiger partial charge in [0.2, 0.25) is 5.91 Å². The van der Waals surface area contributed by atoms with E-state index in [4.69, 9.17) is 4.99 Å². The number of likely N-dealkylation sites (tertiary alicyclic amines) is 1. The predicted molar refractivity (Wildman–Crippen MR) is 119 cm³/mol. The first-order valence-corrected chi connectivity index (χ1v) is 10.2. The number of nitrogens with zero attached hydrogens (tertiary/aromatic N) is 2. The van der Waals surface area contributed by atoms with E-state index in [1.807, 2.05) is 0 Å². The van der Waals surface area contributed by atoms with Gasteiger partial charge in [-0.3, -0.25) is 14.7 Å². The second-order valence-electron chi connectivity index (χ2n) is 7.39. The van der Waals surface area contributed by atoms with E-state index in [0.717, 1.165) is 63.9 Å². The van der Waals surface area contributed by atoms with Gasteiger partial charge in [0, 0.05) is 38.8 Å². The Morgan fingerprint density at radius 2 is 1.85 bits per heavy atom. The summed E-state index contributed by atoms with van der Waals surface area (Å²) in [5.74, 6) is 2.10. The van der Waals surface area contributed by atoms with E-state index in [-0.39, 0.29) is 29.9 Å². The van der Waals surface area contributed by atoms with Gasteiger partial charge in [0.25, 0.3) is 0 Å². The normalized spacial score (nSPS) is 18.9. The van der Waals surface area contributed by atoms with Crippen molar-refractivity contribution in [3.05, 3.63) is 0 Å². The largest absolute Gasteiger partial charge is 0.357 e. The summed E-state index contributed by atoms with van der Waals surface area (Å²) in [5.41, 5.74) is 0. The Kier molecular flexibility index (Phi) is 12.3. The molecule has 0 aromatic heterocycles. The molecule has 1 saturated heterocycles. The summed E-state index contributed by atoms with van der Waals surface area (Å²) in [7, 11) is 0. The Morgan fingerprint density at radius 1 is 1.12 bits per heavy atom. The molecule has 2 aliphatic rings. The minimum Gasteiger partial charge on any atom is -0.357 e. The van der Waals surface area contributed by atoms with Crippen molar-refractivity contribution in [2.45, 2.75) is 64.8 Å². The highest BCUT2D eigenvalue weighted by atomic mass is 127. The number of carbonyl (C=O) groups excluding carboxylic acids is 1. The summed E-state index contributed by atoms with van der Waals surface area (Å²) in [5, 5.41) is 9.90. The van der Waals surface area contributed by atoms with Crippen LogP contribution in [0.25, 0.3) is 0 Å². The number of amides is 1. The Hall–Kier alpha value is -0.570. The van der Waals surface area contributed by atoms with Gasteiger partial charge < -0.3 is 16.0 Å². The molecule has 0 aromatic carbocycles. The molecule has 3 N–H and O–H groups in total. The molecule has 6 nitrogen and oxygen atoms in total. The minimum absolute atomic E-state index is 0. The van der Waals surface area contributed by atoms with Crippen molar-refractivity contribution in [1.29, 1.82) is 0 Å². The molecule has 26 heavy (non-hydrogen) atoms. The van der Waals surface area contributed by atoms with Gasteiger partial charge in [0.05, 0.1) is 6.54 Å². The minimum atomic E-state index is 0. The molecule has 0 bridgehead atoms. The molecule has 1 aliphatic heterocycles. The van der Waals surface area contributed by atoms with Crippen LogP contribution in [0, 0.1) is 5.92 Å². The molecule has 2 fully saturated rings. The molecule has 1 saturated carbocycles. The maximum atomic E-state index is 11.8. The Balaban J connectivity index is 0.00000338. The van der Waals surface area contributed by atoms with Crippen molar-refractivity contribution in [3.63, 3.8) is 0 Å². The van der Waals surface area contributed by atoms with Crippen molar-refractivity contribution in [2.24, 2.45) is 10.9 Å². The van der Waals surface area contributed by atoms with Crippen molar-refractivity contribution in [1.82, 2.24) is 20.9 Å². The molecule has 1 aliphatic carbocycles. The highest BCUT2D eigenvalue weighted by Gasteiger charge is 2.22. The van der Waals surface area contributed by atoms with Crippen LogP contribution in [0.4, 0.5) is 0 Å². The van der Waals surface area contributed by atoms with Crippen molar-refractivity contribution in [3.8, 4) is 0 Å². The fourth-order valence-corrected chi connectivity index (χ4v) is 3.25.